The number of aryl methyl sites for hydroxylation is 1. The number of rotatable bonds is 2. The van der Waals surface area contributed by atoms with Gasteiger partial charge in [0.2, 0.25) is 0 Å². The van der Waals surface area contributed by atoms with Gasteiger partial charge in [0, 0.05) is 6.04 Å². The monoisotopic (exact) mass is 248 g/mol. The minimum Gasteiger partial charge on any atom is -0.507 e. The van der Waals surface area contributed by atoms with Gasteiger partial charge in [-0.15, -0.1) is 0 Å². The Balaban J connectivity index is 1.99. The summed E-state index contributed by atoms with van der Waals surface area (Å²) in [5.74, 6) is -0.123. The smallest absolute Gasteiger partial charge is 0.255 e. The lowest BCUT2D eigenvalue weighted by atomic mass is 10.0. The quantitative estimate of drug-likeness (QED) is 0.834. The number of hydrogen-bond donors (Lipinski definition) is 2. The lowest BCUT2D eigenvalue weighted by Gasteiger charge is -2.29. The van der Waals surface area contributed by atoms with Crippen molar-refractivity contribution in [3.05, 3.63) is 29.3 Å². The molecule has 4 heteroatoms. The minimum absolute atomic E-state index is 0.0560. The van der Waals surface area contributed by atoms with Crippen LogP contribution in [0.2, 0.25) is 0 Å². The van der Waals surface area contributed by atoms with Crippen molar-refractivity contribution in [2.75, 3.05) is 20.1 Å². The third-order valence-electron chi connectivity index (χ3n) is 3.45. The number of piperidine rings is 1. The van der Waals surface area contributed by atoms with Gasteiger partial charge in [-0.25, -0.2) is 0 Å². The molecule has 98 valence electrons. The van der Waals surface area contributed by atoms with Gasteiger partial charge in [0.05, 0.1) is 5.56 Å². The van der Waals surface area contributed by atoms with Crippen molar-refractivity contribution in [1.29, 1.82) is 0 Å². The molecule has 18 heavy (non-hydrogen) atoms. The lowest BCUT2D eigenvalue weighted by Crippen LogP contribution is -2.43. The van der Waals surface area contributed by atoms with E-state index < -0.39 is 0 Å². The van der Waals surface area contributed by atoms with E-state index in [1.807, 2.05) is 13.0 Å². The maximum atomic E-state index is 12.0. The SMILES string of the molecule is Cc1ccc(C(=O)NC2CCN(C)CC2)c(O)c1. The van der Waals surface area contributed by atoms with Crippen molar-refractivity contribution in [1.82, 2.24) is 10.2 Å². The average Bonchev–Trinajstić information content (AvgIpc) is 2.32. The molecule has 0 aromatic heterocycles. The fraction of sp³-hybridized carbons (Fsp3) is 0.500. The summed E-state index contributed by atoms with van der Waals surface area (Å²) in [6.07, 6.45) is 1.93. The van der Waals surface area contributed by atoms with Gasteiger partial charge in [-0.3, -0.25) is 4.79 Å². The molecule has 1 amide bonds. The van der Waals surface area contributed by atoms with E-state index in [0.717, 1.165) is 31.5 Å². The molecule has 4 nitrogen and oxygen atoms in total. The molecule has 0 unspecified atom stereocenters. The van der Waals surface area contributed by atoms with E-state index in [2.05, 4.69) is 17.3 Å². The molecular formula is C14H20N2O2. The summed E-state index contributed by atoms with van der Waals surface area (Å²) in [6, 6.07) is 5.34. The van der Waals surface area contributed by atoms with Gasteiger partial charge in [0.1, 0.15) is 5.75 Å². The first-order chi connectivity index (χ1) is 8.56. The molecule has 1 fully saturated rings. The third-order valence-corrected chi connectivity index (χ3v) is 3.45. The van der Waals surface area contributed by atoms with Crippen LogP contribution in [0.25, 0.3) is 0 Å². The normalized spacial score (nSPS) is 17.7. The number of nitrogens with one attached hydrogen (secondary N) is 1. The number of aromatic hydroxyl groups is 1. The fourth-order valence-electron chi connectivity index (χ4n) is 2.25. The number of amides is 1. The molecule has 1 saturated heterocycles. The summed E-state index contributed by atoms with van der Waals surface area (Å²) in [4.78, 5) is 14.3. The molecule has 1 aliphatic rings. The van der Waals surface area contributed by atoms with E-state index in [0.29, 0.717) is 5.56 Å². The highest BCUT2D eigenvalue weighted by Crippen LogP contribution is 2.19. The molecule has 1 aliphatic heterocycles. The number of carbonyl (C=O) groups excluding carboxylic acids is 1. The number of carbonyl (C=O) groups is 1. The van der Waals surface area contributed by atoms with Crippen LogP contribution in [-0.2, 0) is 0 Å². The Morgan fingerprint density at radius 2 is 2.06 bits per heavy atom. The van der Waals surface area contributed by atoms with Crippen LogP contribution in [0.5, 0.6) is 5.75 Å². The summed E-state index contributed by atoms with van der Waals surface area (Å²) >= 11 is 0. The second-order valence-electron chi connectivity index (χ2n) is 5.07. The molecule has 0 aliphatic carbocycles. The molecule has 2 rings (SSSR count). The highest BCUT2D eigenvalue weighted by molar-refractivity contribution is 5.97. The van der Waals surface area contributed by atoms with Crippen LogP contribution in [0.15, 0.2) is 18.2 Å². The van der Waals surface area contributed by atoms with E-state index in [9.17, 15) is 9.90 Å². The number of phenols is 1. The molecule has 0 radical (unpaired) electrons. The summed E-state index contributed by atoms with van der Waals surface area (Å²) < 4.78 is 0. The Hall–Kier alpha value is -1.55. The van der Waals surface area contributed by atoms with Gasteiger partial charge in [-0.1, -0.05) is 6.07 Å². The second kappa shape index (κ2) is 5.40. The van der Waals surface area contributed by atoms with Crippen LogP contribution in [0, 0.1) is 6.92 Å². The minimum atomic E-state index is -0.179. The zero-order valence-corrected chi connectivity index (χ0v) is 10.9. The highest BCUT2D eigenvalue weighted by atomic mass is 16.3. The van der Waals surface area contributed by atoms with Gasteiger partial charge < -0.3 is 15.3 Å². The molecule has 0 atom stereocenters. The van der Waals surface area contributed by atoms with Crippen LogP contribution in [0.4, 0.5) is 0 Å². The van der Waals surface area contributed by atoms with E-state index in [1.165, 1.54) is 0 Å². The first-order valence-electron chi connectivity index (χ1n) is 6.35. The number of phenolic OH excluding ortho intramolecular Hbond substituents is 1. The topological polar surface area (TPSA) is 52.6 Å². The molecule has 2 N–H and O–H groups in total. The molecular weight excluding hydrogens is 228 g/mol. The Bertz CT molecular complexity index is 437. The Labute approximate surface area is 108 Å². The lowest BCUT2D eigenvalue weighted by molar-refractivity contribution is 0.0914. The summed E-state index contributed by atoms with van der Waals surface area (Å²) in [5.41, 5.74) is 1.31. The first kappa shape index (κ1) is 12.9. The molecule has 1 heterocycles. The van der Waals surface area contributed by atoms with Crippen LogP contribution in [0.3, 0.4) is 0 Å². The number of nitrogens with zero attached hydrogens (tertiary/aromatic N) is 1. The second-order valence-corrected chi connectivity index (χ2v) is 5.07. The first-order valence-corrected chi connectivity index (χ1v) is 6.35. The summed E-state index contributed by atoms with van der Waals surface area (Å²) in [6.45, 7) is 3.90. The predicted octanol–water partition coefficient (Wildman–Crippen LogP) is 1.52. The third kappa shape index (κ3) is 3.01. The largest absolute Gasteiger partial charge is 0.507 e. The summed E-state index contributed by atoms with van der Waals surface area (Å²) in [7, 11) is 2.09. The van der Waals surface area contributed by atoms with Crippen LogP contribution in [-0.4, -0.2) is 42.1 Å². The molecule has 0 spiro atoms. The zero-order valence-electron chi connectivity index (χ0n) is 10.9. The Kier molecular flexibility index (Phi) is 3.87. The molecule has 0 saturated carbocycles. The van der Waals surface area contributed by atoms with E-state index >= 15 is 0 Å². The standard InChI is InChI=1S/C14H20N2O2/c1-10-3-4-12(13(17)9-10)14(18)15-11-5-7-16(2)8-6-11/h3-4,9,11,17H,5-8H2,1-2H3,(H,15,18). The fourth-order valence-corrected chi connectivity index (χ4v) is 2.25. The Morgan fingerprint density at radius 3 is 2.67 bits per heavy atom. The summed E-state index contributed by atoms with van der Waals surface area (Å²) in [5, 5.41) is 12.8. The molecule has 0 bridgehead atoms. The van der Waals surface area contributed by atoms with Crippen molar-refractivity contribution >= 4 is 5.91 Å². The number of hydrogen-bond acceptors (Lipinski definition) is 3. The van der Waals surface area contributed by atoms with Crippen molar-refractivity contribution in [3.8, 4) is 5.75 Å². The molecule has 1 aromatic carbocycles. The number of likely N-dealkylation sites (tertiary alicyclic amines) is 1. The van der Waals surface area contributed by atoms with Gasteiger partial charge in [-0.2, -0.15) is 0 Å². The van der Waals surface area contributed by atoms with Crippen LogP contribution < -0.4 is 5.32 Å². The maximum absolute atomic E-state index is 12.0. The van der Waals surface area contributed by atoms with Crippen molar-refractivity contribution in [2.24, 2.45) is 0 Å². The average molecular weight is 248 g/mol. The number of benzene rings is 1. The zero-order chi connectivity index (χ0) is 13.1. The van der Waals surface area contributed by atoms with Crippen LogP contribution in [0.1, 0.15) is 28.8 Å². The van der Waals surface area contributed by atoms with Crippen molar-refractivity contribution in [2.45, 2.75) is 25.8 Å². The maximum Gasteiger partial charge on any atom is 0.255 e. The predicted molar refractivity (Wildman–Crippen MR) is 70.8 cm³/mol. The van der Waals surface area contributed by atoms with Gasteiger partial charge in [0.25, 0.3) is 5.91 Å². The van der Waals surface area contributed by atoms with E-state index in [-0.39, 0.29) is 17.7 Å². The van der Waals surface area contributed by atoms with Crippen molar-refractivity contribution in [3.63, 3.8) is 0 Å². The van der Waals surface area contributed by atoms with Crippen molar-refractivity contribution < 1.29 is 9.90 Å². The van der Waals surface area contributed by atoms with Gasteiger partial charge in [-0.05, 0) is 57.6 Å². The Morgan fingerprint density at radius 1 is 1.39 bits per heavy atom. The highest BCUT2D eigenvalue weighted by Gasteiger charge is 2.20. The van der Waals surface area contributed by atoms with E-state index in [1.54, 1.807) is 12.1 Å². The molecule has 1 aromatic rings. The van der Waals surface area contributed by atoms with Gasteiger partial charge in [0.15, 0.2) is 0 Å². The van der Waals surface area contributed by atoms with Crippen LogP contribution >= 0.6 is 0 Å². The van der Waals surface area contributed by atoms with E-state index in [4.69, 9.17) is 0 Å². The van der Waals surface area contributed by atoms with Gasteiger partial charge >= 0.3 is 0 Å².